The van der Waals surface area contributed by atoms with Crippen LogP contribution in [0.25, 0.3) is 0 Å². The molecule has 1 heterocycles. The van der Waals surface area contributed by atoms with Crippen LogP contribution >= 0.6 is 11.6 Å². The van der Waals surface area contributed by atoms with Gasteiger partial charge in [-0.05, 0) is 38.1 Å². The number of benzene rings is 1. The van der Waals surface area contributed by atoms with E-state index in [9.17, 15) is 0 Å². The van der Waals surface area contributed by atoms with E-state index in [1.54, 1.807) is 7.11 Å². The van der Waals surface area contributed by atoms with Crippen molar-refractivity contribution >= 4 is 17.3 Å². The molecule has 1 aromatic rings. The molecular formula is C12H17ClN2O. The highest BCUT2D eigenvalue weighted by atomic mass is 35.5. The van der Waals surface area contributed by atoms with Crippen LogP contribution in [-0.2, 0) is 0 Å². The molecule has 1 saturated heterocycles. The molecule has 1 aliphatic heterocycles. The van der Waals surface area contributed by atoms with Crippen molar-refractivity contribution in [2.45, 2.75) is 18.9 Å². The summed E-state index contributed by atoms with van der Waals surface area (Å²) in [4.78, 5) is 0. The largest absolute Gasteiger partial charge is 0.495 e. The quantitative estimate of drug-likeness (QED) is 0.852. The van der Waals surface area contributed by atoms with E-state index < -0.39 is 0 Å². The van der Waals surface area contributed by atoms with Gasteiger partial charge in [0, 0.05) is 17.8 Å². The summed E-state index contributed by atoms with van der Waals surface area (Å²) < 4.78 is 5.19. The minimum atomic E-state index is 0.548. The number of methoxy groups -OCH3 is 1. The first-order chi connectivity index (χ1) is 7.79. The normalized spacial score (nSPS) is 17.1. The molecule has 16 heavy (non-hydrogen) atoms. The van der Waals surface area contributed by atoms with Crippen LogP contribution in [-0.4, -0.2) is 26.2 Å². The number of anilines is 1. The summed E-state index contributed by atoms with van der Waals surface area (Å²) in [6.07, 6.45) is 2.32. The molecule has 0 bridgehead atoms. The smallest absolute Gasteiger partial charge is 0.139 e. The zero-order chi connectivity index (χ0) is 11.4. The van der Waals surface area contributed by atoms with E-state index >= 15 is 0 Å². The van der Waals surface area contributed by atoms with Crippen molar-refractivity contribution in [2.24, 2.45) is 0 Å². The highest BCUT2D eigenvalue weighted by Crippen LogP contribution is 2.28. The van der Waals surface area contributed by atoms with Gasteiger partial charge in [-0.2, -0.15) is 0 Å². The van der Waals surface area contributed by atoms with Gasteiger partial charge in [-0.1, -0.05) is 11.6 Å². The summed E-state index contributed by atoms with van der Waals surface area (Å²) in [6.45, 7) is 2.17. The molecule has 4 heteroatoms. The summed E-state index contributed by atoms with van der Waals surface area (Å²) in [5, 5.41) is 7.50. The van der Waals surface area contributed by atoms with Gasteiger partial charge in [0.25, 0.3) is 0 Å². The Hall–Kier alpha value is -0.930. The highest BCUT2D eigenvalue weighted by Gasteiger charge is 2.12. The second-order valence-corrected chi connectivity index (χ2v) is 4.43. The lowest BCUT2D eigenvalue weighted by Crippen LogP contribution is -2.35. The topological polar surface area (TPSA) is 33.3 Å². The fraction of sp³-hybridized carbons (Fsp3) is 0.500. The monoisotopic (exact) mass is 240 g/mol. The van der Waals surface area contributed by atoms with Crippen molar-refractivity contribution in [2.75, 3.05) is 25.5 Å². The summed E-state index contributed by atoms with van der Waals surface area (Å²) >= 11 is 5.98. The average molecular weight is 241 g/mol. The van der Waals surface area contributed by atoms with Crippen molar-refractivity contribution < 1.29 is 4.74 Å². The summed E-state index contributed by atoms with van der Waals surface area (Å²) in [7, 11) is 1.63. The third-order valence-electron chi connectivity index (χ3n) is 2.86. The van der Waals surface area contributed by atoms with Gasteiger partial charge < -0.3 is 15.4 Å². The third-order valence-corrected chi connectivity index (χ3v) is 3.17. The number of hydrogen-bond acceptors (Lipinski definition) is 3. The summed E-state index contributed by atoms with van der Waals surface area (Å²) in [6, 6.07) is 6.35. The molecule has 0 spiro atoms. The molecule has 0 saturated carbocycles. The molecule has 2 N–H and O–H groups in total. The fourth-order valence-electron chi connectivity index (χ4n) is 1.95. The lowest BCUT2D eigenvalue weighted by atomic mass is 10.1. The number of hydrogen-bond donors (Lipinski definition) is 2. The number of ether oxygens (including phenoxy) is 1. The van der Waals surface area contributed by atoms with Gasteiger partial charge in [0.2, 0.25) is 0 Å². The van der Waals surface area contributed by atoms with Crippen molar-refractivity contribution in [3.05, 3.63) is 23.2 Å². The Morgan fingerprint density at radius 2 is 2.12 bits per heavy atom. The standard InChI is InChI=1S/C12H17ClN2O/c1-16-12-8-10(2-3-11(12)13)15-9-4-6-14-7-5-9/h2-3,8-9,14-15H,4-7H2,1H3. The fourth-order valence-corrected chi connectivity index (χ4v) is 2.15. The first-order valence-electron chi connectivity index (χ1n) is 5.60. The SMILES string of the molecule is COc1cc(NC2CCNCC2)ccc1Cl. The Labute approximate surface area is 101 Å². The van der Waals surface area contributed by atoms with Crippen molar-refractivity contribution in [1.29, 1.82) is 0 Å². The first kappa shape index (κ1) is 11.6. The van der Waals surface area contributed by atoms with Gasteiger partial charge in [-0.25, -0.2) is 0 Å². The van der Waals surface area contributed by atoms with Gasteiger partial charge in [0.05, 0.1) is 12.1 Å². The zero-order valence-electron chi connectivity index (χ0n) is 9.42. The van der Waals surface area contributed by atoms with E-state index in [0.29, 0.717) is 11.1 Å². The predicted octanol–water partition coefficient (Wildman–Crippen LogP) is 2.51. The molecule has 0 radical (unpaired) electrons. The second kappa shape index (κ2) is 5.41. The lowest BCUT2D eigenvalue weighted by molar-refractivity contribution is 0.415. The van der Waals surface area contributed by atoms with E-state index in [1.165, 1.54) is 0 Å². The van der Waals surface area contributed by atoms with Crippen LogP contribution in [0.15, 0.2) is 18.2 Å². The van der Waals surface area contributed by atoms with E-state index in [-0.39, 0.29) is 0 Å². The molecule has 0 unspecified atom stereocenters. The Morgan fingerprint density at radius 1 is 1.38 bits per heavy atom. The van der Waals surface area contributed by atoms with E-state index in [4.69, 9.17) is 16.3 Å². The predicted molar refractivity (Wildman–Crippen MR) is 67.5 cm³/mol. The van der Waals surface area contributed by atoms with Gasteiger partial charge >= 0.3 is 0 Å². The maximum atomic E-state index is 5.98. The molecule has 0 aromatic heterocycles. The molecule has 2 rings (SSSR count). The zero-order valence-corrected chi connectivity index (χ0v) is 10.2. The van der Waals surface area contributed by atoms with E-state index in [1.807, 2.05) is 18.2 Å². The first-order valence-corrected chi connectivity index (χ1v) is 5.98. The third kappa shape index (κ3) is 2.80. The van der Waals surface area contributed by atoms with Crippen molar-refractivity contribution in [1.82, 2.24) is 5.32 Å². The molecular weight excluding hydrogens is 224 g/mol. The Morgan fingerprint density at radius 3 is 2.81 bits per heavy atom. The van der Waals surface area contributed by atoms with Gasteiger partial charge in [0.15, 0.2) is 0 Å². The lowest BCUT2D eigenvalue weighted by Gasteiger charge is -2.24. The highest BCUT2D eigenvalue weighted by molar-refractivity contribution is 6.32. The van der Waals surface area contributed by atoms with Crippen molar-refractivity contribution in [3.63, 3.8) is 0 Å². The molecule has 0 atom stereocenters. The second-order valence-electron chi connectivity index (χ2n) is 4.02. The van der Waals surface area contributed by atoms with Gasteiger partial charge in [-0.15, -0.1) is 0 Å². The minimum absolute atomic E-state index is 0.548. The minimum Gasteiger partial charge on any atom is -0.495 e. The van der Waals surface area contributed by atoms with E-state index in [2.05, 4.69) is 10.6 Å². The Balaban J connectivity index is 2.03. The van der Waals surface area contributed by atoms with Gasteiger partial charge in [0.1, 0.15) is 5.75 Å². The molecule has 0 amide bonds. The molecule has 1 aromatic carbocycles. The van der Waals surface area contributed by atoms with Crippen LogP contribution in [0.3, 0.4) is 0 Å². The maximum Gasteiger partial charge on any atom is 0.139 e. The maximum absolute atomic E-state index is 5.98. The summed E-state index contributed by atoms with van der Waals surface area (Å²) in [5.74, 6) is 0.723. The Bertz CT molecular complexity index is 351. The summed E-state index contributed by atoms with van der Waals surface area (Å²) in [5.41, 5.74) is 1.08. The van der Waals surface area contributed by atoms with Gasteiger partial charge in [-0.3, -0.25) is 0 Å². The number of nitrogens with one attached hydrogen (secondary N) is 2. The molecule has 1 aliphatic rings. The number of halogens is 1. The average Bonchev–Trinajstić information content (AvgIpc) is 2.33. The van der Waals surface area contributed by atoms with Crippen LogP contribution < -0.4 is 15.4 Å². The van der Waals surface area contributed by atoms with Crippen LogP contribution in [0, 0.1) is 0 Å². The van der Waals surface area contributed by atoms with E-state index in [0.717, 1.165) is 37.4 Å². The Kier molecular flexibility index (Phi) is 3.91. The van der Waals surface area contributed by atoms with Crippen LogP contribution in [0.5, 0.6) is 5.75 Å². The molecule has 1 fully saturated rings. The molecule has 88 valence electrons. The number of piperidine rings is 1. The van der Waals surface area contributed by atoms with Crippen LogP contribution in [0.1, 0.15) is 12.8 Å². The molecule has 3 nitrogen and oxygen atoms in total. The van der Waals surface area contributed by atoms with Crippen molar-refractivity contribution in [3.8, 4) is 5.75 Å². The van der Waals surface area contributed by atoms with Crippen LogP contribution in [0.2, 0.25) is 5.02 Å². The van der Waals surface area contributed by atoms with Crippen LogP contribution in [0.4, 0.5) is 5.69 Å². The number of rotatable bonds is 3. The molecule has 0 aliphatic carbocycles.